The highest BCUT2D eigenvalue weighted by atomic mass is 35.5. The van der Waals surface area contributed by atoms with Gasteiger partial charge in [-0.2, -0.15) is 0 Å². The monoisotopic (exact) mass is 570 g/mol. The van der Waals surface area contributed by atoms with Crippen LogP contribution in [0.15, 0.2) is 95.9 Å². The molecule has 0 fully saturated rings. The molecule has 0 saturated carbocycles. The molecular weight excluding hydrogens is 547 g/mol. The minimum Gasteiger partial charge on any atom is -0.493 e. The number of anilines is 2. The summed E-state index contributed by atoms with van der Waals surface area (Å²) in [5.74, 6) is 0.603. The number of amides is 1. The molecule has 0 spiro atoms. The van der Waals surface area contributed by atoms with E-state index in [0.717, 1.165) is 4.31 Å². The van der Waals surface area contributed by atoms with E-state index in [9.17, 15) is 13.2 Å². The van der Waals surface area contributed by atoms with E-state index in [1.807, 2.05) is 0 Å². The molecule has 4 rings (SSSR count). The van der Waals surface area contributed by atoms with Gasteiger partial charge in [0.2, 0.25) is 5.91 Å². The van der Waals surface area contributed by atoms with E-state index in [0.29, 0.717) is 32.9 Å². The Hall–Kier alpha value is -3.72. The maximum atomic E-state index is 13.7. The highest BCUT2D eigenvalue weighted by Crippen LogP contribution is 2.37. The van der Waals surface area contributed by atoms with Gasteiger partial charge in [0.1, 0.15) is 6.54 Å². The predicted molar refractivity (Wildman–Crippen MR) is 150 cm³/mol. The van der Waals surface area contributed by atoms with E-state index in [-0.39, 0.29) is 16.3 Å². The number of nitrogens with zero attached hydrogens (tertiary/aromatic N) is 1. The Bertz CT molecular complexity index is 1560. The van der Waals surface area contributed by atoms with Crippen LogP contribution in [-0.2, 0) is 14.8 Å². The summed E-state index contributed by atoms with van der Waals surface area (Å²) in [6, 6.07) is 24.5. The lowest BCUT2D eigenvalue weighted by molar-refractivity contribution is -0.114. The summed E-state index contributed by atoms with van der Waals surface area (Å²) in [6.45, 7) is 1.16. The quantitative estimate of drug-likeness (QED) is 0.235. The Morgan fingerprint density at radius 3 is 2.26 bits per heavy atom. The maximum absolute atomic E-state index is 13.7. The van der Waals surface area contributed by atoms with Gasteiger partial charge in [-0.05, 0) is 67.1 Å². The van der Waals surface area contributed by atoms with Crippen LogP contribution in [0, 0.1) is 6.92 Å². The highest BCUT2D eigenvalue weighted by Gasteiger charge is 2.29. The van der Waals surface area contributed by atoms with Crippen molar-refractivity contribution in [1.82, 2.24) is 0 Å². The first kappa shape index (κ1) is 27.3. The zero-order valence-corrected chi connectivity index (χ0v) is 22.8. The summed E-state index contributed by atoms with van der Waals surface area (Å²) < 4.78 is 39.7. The predicted octanol–water partition coefficient (Wildman–Crippen LogP) is 6.94. The van der Waals surface area contributed by atoms with Crippen LogP contribution in [0.3, 0.4) is 0 Å². The minimum absolute atomic E-state index is 0.0372. The molecule has 0 saturated heterocycles. The van der Waals surface area contributed by atoms with E-state index in [1.165, 1.54) is 25.3 Å². The van der Waals surface area contributed by atoms with Crippen molar-refractivity contribution in [3.63, 3.8) is 0 Å². The molecule has 0 atom stereocenters. The van der Waals surface area contributed by atoms with Crippen LogP contribution in [-0.4, -0.2) is 28.0 Å². The summed E-state index contributed by atoms with van der Waals surface area (Å²) in [6.07, 6.45) is 0. The first-order valence-electron chi connectivity index (χ1n) is 11.4. The first-order chi connectivity index (χ1) is 18.2. The number of nitrogens with one attached hydrogen (secondary N) is 1. The Morgan fingerprint density at radius 1 is 0.868 bits per heavy atom. The standard InChI is InChI=1S/C28H24Cl2N2O5S/c1-19-22(30)11-8-12-24(19)32(38(34,35)21-9-4-3-5-10-21)18-28(33)31-23-17-20(29)15-16-25(23)37-27-14-7-6-13-26(27)36-2/h3-17H,18H2,1-2H3,(H,31,33). The fraction of sp³-hybridized carbons (Fsp3) is 0.107. The number of benzene rings is 4. The normalized spacial score (nSPS) is 11.1. The molecule has 0 aliphatic rings. The molecule has 7 nitrogen and oxygen atoms in total. The van der Waals surface area contributed by atoms with E-state index >= 15 is 0 Å². The molecule has 4 aromatic carbocycles. The molecule has 0 aromatic heterocycles. The summed E-state index contributed by atoms with van der Waals surface area (Å²) >= 11 is 12.5. The van der Waals surface area contributed by atoms with Crippen molar-refractivity contribution in [2.24, 2.45) is 0 Å². The van der Waals surface area contributed by atoms with Gasteiger partial charge in [-0.3, -0.25) is 9.10 Å². The maximum Gasteiger partial charge on any atom is 0.264 e. The van der Waals surface area contributed by atoms with Gasteiger partial charge in [-0.1, -0.05) is 59.6 Å². The number of carbonyl (C=O) groups excluding carboxylic acids is 1. The van der Waals surface area contributed by atoms with Crippen LogP contribution in [0.25, 0.3) is 0 Å². The SMILES string of the molecule is COc1ccccc1Oc1ccc(Cl)cc1NC(=O)CN(c1cccc(Cl)c1C)S(=O)(=O)c1ccccc1. The van der Waals surface area contributed by atoms with Crippen molar-refractivity contribution < 1.29 is 22.7 Å². The lowest BCUT2D eigenvalue weighted by Gasteiger charge is -2.26. The molecule has 0 aliphatic heterocycles. The second-order valence-corrected chi connectivity index (χ2v) is 10.9. The third-order valence-electron chi connectivity index (χ3n) is 5.63. The van der Waals surface area contributed by atoms with Crippen LogP contribution >= 0.6 is 23.2 Å². The number of sulfonamides is 1. The van der Waals surface area contributed by atoms with Crippen molar-refractivity contribution >= 4 is 50.5 Å². The number of para-hydroxylation sites is 2. The van der Waals surface area contributed by atoms with Crippen LogP contribution in [0.1, 0.15) is 5.56 Å². The molecule has 0 bridgehead atoms. The topological polar surface area (TPSA) is 84.9 Å². The fourth-order valence-electron chi connectivity index (χ4n) is 3.72. The van der Waals surface area contributed by atoms with Gasteiger partial charge in [0.25, 0.3) is 10.0 Å². The van der Waals surface area contributed by atoms with Gasteiger partial charge in [0, 0.05) is 10.0 Å². The summed E-state index contributed by atoms with van der Waals surface area (Å²) in [5.41, 5.74) is 1.06. The van der Waals surface area contributed by atoms with Crippen LogP contribution in [0.2, 0.25) is 10.0 Å². The van der Waals surface area contributed by atoms with Crippen molar-refractivity contribution in [3.8, 4) is 17.2 Å². The third-order valence-corrected chi connectivity index (χ3v) is 8.05. The van der Waals surface area contributed by atoms with E-state index < -0.39 is 22.5 Å². The number of ether oxygens (including phenoxy) is 2. The largest absolute Gasteiger partial charge is 0.493 e. The number of hydrogen-bond donors (Lipinski definition) is 1. The Labute approximate surface area is 231 Å². The van der Waals surface area contributed by atoms with Crippen LogP contribution in [0.5, 0.6) is 17.2 Å². The average molecular weight is 571 g/mol. The molecule has 0 aliphatic carbocycles. The lowest BCUT2D eigenvalue weighted by atomic mass is 10.2. The van der Waals surface area contributed by atoms with E-state index in [1.54, 1.807) is 79.7 Å². The highest BCUT2D eigenvalue weighted by molar-refractivity contribution is 7.92. The minimum atomic E-state index is -4.12. The summed E-state index contributed by atoms with van der Waals surface area (Å²) in [5, 5.41) is 3.47. The molecule has 196 valence electrons. The molecule has 38 heavy (non-hydrogen) atoms. The number of halogens is 2. The van der Waals surface area contributed by atoms with E-state index in [2.05, 4.69) is 5.32 Å². The number of hydrogen-bond acceptors (Lipinski definition) is 5. The van der Waals surface area contributed by atoms with Gasteiger partial charge in [0.15, 0.2) is 17.2 Å². The van der Waals surface area contributed by atoms with E-state index in [4.69, 9.17) is 32.7 Å². The van der Waals surface area contributed by atoms with Crippen molar-refractivity contribution in [2.45, 2.75) is 11.8 Å². The Morgan fingerprint density at radius 2 is 1.55 bits per heavy atom. The lowest BCUT2D eigenvalue weighted by Crippen LogP contribution is -2.38. The van der Waals surface area contributed by atoms with Gasteiger partial charge in [-0.25, -0.2) is 8.42 Å². The molecule has 0 heterocycles. The smallest absolute Gasteiger partial charge is 0.264 e. The summed E-state index contributed by atoms with van der Waals surface area (Å²) in [4.78, 5) is 13.4. The molecular formula is C28H24Cl2N2O5S. The zero-order valence-electron chi connectivity index (χ0n) is 20.5. The Balaban J connectivity index is 1.68. The molecule has 4 aromatic rings. The average Bonchev–Trinajstić information content (AvgIpc) is 2.91. The molecule has 0 radical (unpaired) electrons. The van der Waals surface area contributed by atoms with Gasteiger partial charge in [0.05, 0.1) is 23.4 Å². The fourth-order valence-corrected chi connectivity index (χ4v) is 5.56. The van der Waals surface area contributed by atoms with Crippen LogP contribution in [0.4, 0.5) is 11.4 Å². The number of carbonyl (C=O) groups is 1. The first-order valence-corrected chi connectivity index (χ1v) is 13.6. The third kappa shape index (κ3) is 6.05. The second kappa shape index (κ2) is 11.8. The molecule has 0 unspecified atom stereocenters. The molecule has 1 N–H and O–H groups in total. The van der Waals surface area contributed by atoms with Gasteiger partial charge < -0.3 is 14.8 Å². The second-order valence-electron chi connectivity index (χ2n) is 8.15. The van der Waals surface area contributed by atoms with Crippen molar-refractivity contribution in [1.29, 1.82) is 0 Å². The molecule has 1 amide bonds. The number of rotatable bonds is 9. The van der Waals surface area contributed by atoms with Crippen LogP contribution < -0.4 is 19.1 Å². The Kier molecular flexibility index (Phi) is 8.46. The van der Waals surface area contributed by atoms with Gasteiger partial charge >= 0.3 is 0 Å². The summed E-state index contributed by atoms with van der Waals surface area (Å²) in [7, 11) is -2.60. The van der Waals surface area contributed by atoms with Crippen molar-refractivity contribution in [3.05, 3.63) is 107 Å². The number of methoxy groups -OCH3 is 1. The van der Waals surface area contributed by atoms with Crippen molar-refractivity contribution in [2.75, 3.05) is 23.3 Å². The zero-order chi connectivity index (χ0) is 27.3. The van der Waals surface area contributed by atoms with Gasteiger partial charge in [-0.15, -0.1) is 0 Å². The molecule has 10 heteroatoms.